The monoisotopic (exact) mass is 369 g/mol. The van der Waals surface area contributed by atoms with Crippen molar-refractivity contribution in [2.24, 2.45) is 0 Å². The van der Waals surface area contributed by atoms with Gasteiger partial charge in [0.1, 0.15) is 5.75 Å². The molecule has 1 aromatic carbocycles. The molecule has 122 valence electrons. The van der Waals surface area contributed by atoms with Crippen LogP contribution in [0.4, 0.5) is 0 Å². The minimum absolute atomic E-state index is 0.192. The summed E-state index contributed by atoms with van der Waals surface area (Å²) in [5.74, 6) is -0.959. The molecule has 0 aromatic heterocycles. The van der Waals surface area contributed by atoms with E-state index in [9.17, 15) is 9.59 Å². The lowest BCUT2D eigenvalue weighted by molar-refractivity contribution is -0.150. The predicted octanol–water partition coefficient (Wildman–Crippen LogP) is 2.33. The van der Waals surface area contributed by atoms with Crippen molar-refractivity contribution >= 4 is 46.7 Å². The number of benzene rings is 1. The largest absolute Gasteiger partial charge is 0.480 e. The minimum atomic E-state index is -0.718. The number of carbonyl (C=O) groups is 2. The molecule has 1 aromatic rings. The van der Waals surface area contributed by atoms with Crippen molar-refractivity contribution in [3.63, 3.8) is 0 Å². The van der Waals surface area contributed by atoms with Gasteiger partial charge in [-0.15, -0.1) is 0 Å². The van der Waals surface area contributed by atoms with Gasteiger partial charge >= 0.3 is 5.97 Å². The summed E-state index contributed by atoms with van der Waals surface area (Å²) in [6, 6.07) is 2.78. The maximum Gasteiger partial charge on any atom is 0.344 e. The molecule has 0 heterocycles. The second kappa shape index (κ2) is 9.74. The highest BCUT2D eigenvalue weighted by Gasteiger charge is 2.11. The number of amides is 1. The van der Waals surface area contributed by atoms with Crippen molar-refractivity contribution in [2.45, 2.75) is 0 Å². The number of carbonyl (C=O) groups excluding carboxylic acids is 2. The first-order chi connectivity index (χ1) is 10.4. The number of rotatable bonds is 8. The van der Waals surface area contributed by atoms with Gasteiger partial charge in [0.05, 0.1) is 21.7 Å². The zero-order chi connectivity index (χ0) is 16.5. The number of ether oxygens (including phenoxy) is 3. The van der Waals surface area contributed by atoms with Crippen LogP contribution in [0, 0.1) is 0 Å². The van der Waals surface area contributed by atoms with Crippen molar-refractivity contribution in [3.05, 3.63) is 27.2 Å². The standard InChI is InChI=1S/C13H14Cl3NO5/c1-20-3-2-17-12(18)6-22-13(19)7-21-11-5-9(15)8(14)4-10(11)16/h4-5H,2-3,6-7H2,1H3,(H,17,18). The average Bonchev–Trinajstić information content (AvgIpc) is 2.47. The van der Waals surface area contributed by atoms with Crippen LogP contribution in [0.1, 0.15) is 0 Å². The SMILES string of the molecule is COCCNC(=O)COC(=O)COc1cc(Cl)c(Cl)cc1Cl. The Morgan fingerprint density at radius 2 is 1.77 bits per heavy atom. The van der Waals surface area contributed by atoms with Crippen molar-refractivity contribution in [1.82, 2.24) is 5.32 Å². The fraction of sp³-hybridized carbons (Fsp3) is 0.385. The summed E-state index contributed by atoms with van der Waals surface area (Å²) in [6.45, 7) is -0.106. The van der Waals surface area contributed by atoms with Gasteiger partial charge < -0.3 is 19.5 Å². The van der Waals surface area contributed by atoms with Gasteiger partial charge in [0, 0.05) is 19.7 Å². The van der Waals surface area contributed by atoms with Crippen LogP contribution in [0.15, 0.2) is 12.1 Å². The third-order valence-electron chi connectivity index (χ3n) is 2.31. The third kappa shape index (κ3) is 6.70. The molecule has 0 unspecified atom stereocenters. The molecule has 0 fully saturated rings. The molecule has 0 saturated carbocycles. The zero-order valence-corrected chi connectivity index (χ0v) is 13.9. The molecule has 0 saturated heterocycles. The first-order valence-corrected chi connectivity index (χ1v) is 7.26. The highest BCUT2D eigenvalue weighted by atomic mass is 35.5. The fourth-order valence-electron chi connectivity index (χ4n) is 1.28. The molecule has 0 bridgehead atoms. The van der Waals surface area contributed by atoms with Crippen molar-refractivity contribution in [3.8, 4) is 5.75 Å². The van der Waals surface area contributed by atoms with Crippen molar-refractivity contribution in [1.29, 1.82) is 0 Å². The van der Waals surface area contributed by atoms with Gasteiger partial charge in [0.25, 0.3) is 5.91 Å². The number of hydrogen-bond acceptors (Lipinski definition) is 5. The zero-order valence-electron chi connectivity index (χ0n) is 11.7. The summed E-state index contributed by atoms with van der Waals surface area (Å²) < 4.78 is 14.7. The normalized spacial score (nSPS) is 10.2. The van der Waals surface area contributed by atoms with Crippen LogP contribution >= 0.6 is 34.8 Å². The summed E-state index contributed by atoms with van der Waals surface area (Å²) in [5.41, 5.74) is 0. The summed E-state index contributed by atoms with van der Waals surface area (Å²) in [7, 11) is 1.51. The molecule has 1 amide bonds. The Morgan fingerprint density at radius 3 is 2.45 bits per heavy atom. The second-order valence-corrected chi connectivity index (χ2v) is 5.21. The van der Waals surface area contributed by atoms with Gasteiger partial charge in [-0.2, -0.15) is 0 Å². The van der Waals surface area contributed by atoms with Gasteiger partial charge in [0.15, 0.2) is 13.2 Å². The van der Waals surface area contributed by atoms with Gasteiger partial charge in [-0.25, -0.2) is 4.79 Å². The third-order valence-corrected chi connectivity index (χ3v) is 3.33. The molecule has 9 heteroatoms. The van der Waals surface area contributed by atoms with E-state index in [0.717, 1.165) is 0 Å². The van der Waals surface area contributed by atoms with Gasteiger partial charge in [-0.3, -0.25) is 4.79 Å². The molecule has 1 rings (SSSR count). The summed E-state index contributed by atoms with van der Waals surface area (Å²) in [5, 5.41) is 3.22. The van der Waals surface area contributed by atoms with E-state index in [1.165, 1.54) is 19.2 Å². The summed E-state index contributed by atoms with van der Waals surface area (Å²) in [4.78, 5) is 22.8. The number of hydrogen-bond donors (Lipinski definition) is 1. The van der Waals surface area contributed by atoms with E-state index in [-0.39, 0.29) is 20.8 Å². The molecule has 0 aliphatic heterocycles. The summed E-state index contributed by atoms with van der Waals surface area (Å²) in [6.07, 6.45) is 0. The van der Waals surface area contributed by atoms with Crippen LogP contribution in [0.3, 0.4) is 0 Å². The van der Waals surface area contributed by atoms with Crippen LogP contribution in [0.2, 0.25) is 15.1 Å². The molecule has 1 N–H and O–H groups in total. The topological polar surface area (TPSA) is 73.9 Å². The van der Waals surface area contributed by atoms with Gasteiger partial charge in [-0.05, 0) is 6.07 Å². The Bertz CT molecular complexity index is 539. The molecule has 0 radical (unpaired) electrons. The van der Waals surface area contributed by atoms with E-state index in [4.69, 9.17) is 49.0 Å². The van der Waals surface area contributed by atoms with Crippen LogP contribution < -0.4 is 10.1 Å². The van der Waals surface area contributed by atoms with E-state index in [2.05, 4.69) is 5.32 Å². The first-order valence-electron chi connectivity index (χ1n) is 6.12. The van der Waals surface area contributed by atoms with Crippen LogP contribution in [0.25, 0.3) is 0 Å². The maximum absolute atomic E-state index is 11.5. The average molecular weight is 371 g/mol. The number of methoxy groups -OCH3 is 1. The highest BCUT2D eigenvalue weighted by Crippen LogP contribution is 2.33. The Hall–Kier alpha value is -1.21. The second-order valence-electron chi connectivity index (χ2n) is 3.99. The molecular weight excluding hydrogens is 357 g/mol. The Morgan fingerprint density at radius 1 is 1.09 bits per heavy atom. The van der Waals surface area contributed by atoms with Crippen LogP contribution in [-0.4, -0.2) is 45.4 Å². The fourth-order valence-corrected chi connectivity index (χ4v) is 1.87. The molecule has 0 aliphatic carbocycles. The van der Waals surface area contributed by atoms with Crippen molar-refractivity contribution < 1.29 is 23.8 Å². The summed E-state index contributed by atoms with van der Waals surface area (Å²) >= 11 is 17.5. The molecule has 6 nitrogen and oxygen atoms in total. The Labute approximate surface area is 142 Å². The van der Waals surface area contributed by atoms with Crippen LogP contribution in [-0.2, 0) is 19.1 Å². The van der Waals surface area contributed by atoms with E-state index in [1.54, 1.807) is 0 Å². The molecular formula is C13H14Cl3NO5. The minimum Gasteiger partial charge on any atom is -0.480 e. The van der Waals surface area contributed by atoms with E-state index < -0.39 is 25.1 Å². The molecule has 0 atom stereocenters. The van der Waals surface area contributed by atoms with Gasteiger partial charge in [0.2, 0.25) is 0 Å². The quantitative estimate of drug-likeness (QED) is 0.432. The van der Waals surface area contributed by atoms with E-state index in [1.807, 2.05) is 0 Å². The van der Waals surface area contributed by atoms with E-state index in [0.29, 0.717) is 13.2 Å². The molecule has 0 spiro atoms. The lowest BCUT2D eigenvalue weighted by atomic mass is 10.3. The lowest BCUT2D eigenvalue weighted by Gasteiger charge is -2.09. The molecule has 22 heavy (non-hydrogen) atoms. The number of esters is 1. The highest BCUT2D eigenvalue weighted by molar-refractivity contribution is 6.43. The first kappa shape index (κ1) is 18.8. The smallest absolute Gasteiger partial charge is 0.344 e. The maximum atomic E-state index is 11.5. The van der Waals surface area contributed by atoms with Crippen LogP contribution in [0.5, 0.6) is 5.75 Å². The van der Waals surface area contributed by atoms with Gasteiger partial charge in [-0.1, -0.05) is 34.8 Å². The number of halogens is 3. The lowest BCUT2D eigenvalue weighted by Crippen LogP contribution is -2.32. The van der Waals surface area contributed by atoms with Crippen molar-refractivity contribution in [2.75, 3.05) is 33.5 Å². The predicted molar refractivity (Wildman–Crippen MR) is 82.8 cm³/mol. The Balaban J connectivity index is 2.34. The number of nitrogens with one attached hydrogen (secondary N) is 1. The molecule has 0 aliphatic rings. The Kier molecular flexibility index (Phi) is 8.34. The van der Waals surface area contributed by atoms with E-state index >= 15 is 0 Å².